The fraction of sp³-hybridized carbons (Fsp3) is 0.320. The Morgan fingerprint density at radius 3 is 2.66 bits per heavy atom. The number of fused-ring (bicyclic) bond motifs is 1. The number of nitrogens with zero attached hydrogens (tertiary/aromatic N) is 2. The van der Waals surface area contributed by atoms with Gasteiger partial charge >= 0.3 is 0 Å². The van der Waals surface area contributed by atoms with Gasteiger partial charge in [0.1, 0.15) is 11.6 Å². The highest BCUT2D eigenvalue weighted by atomic mass is 32.2. The van der Waals surface area contributed by atoms with Crippen molar-refractivity contribution in [2.75, 3.05) is 11.9 Å². The molecule has 6 nitrogen and oxygen atoms in total. The molecule has 1 N–H and O–H groups in total. The standard InChI is InChI=1S/C25H27N3O3S/c1-4-13-31-20-8-6-5-7-18(20)19-14-21(29)26-23-22(19)24(30)27-25(28(23)3)32-15-17-11-9-16(2)10-12-17/h5-12,19H,4,13-15H2,1-3H3,(H,26,29)/t19-/m1/s1. The minimum atomic E-state index is -0.394. The zero-order chi connectivity index (χ0) is 22.7. The maximum absolute atomic E-state index is 13.2. The normalized spacial score (nSPS) is 15.2. The number of para-hydroxylation sites is 1. The van der Waals surface area contributed by atoms with Gasteiger partial charge in [0, 0.05) is 30.7 Å². The number of benzene rings is 2. The minimum absolute atomic E-state index is 0.122. The highest BCUT2D eigenvalue weighted by Crippen LogP contribution is 2.39. The Kier molecular flexibility index (Phi) is 6.65. The first kappa shape index (κ1) is 22.1. The van der Waals surface area contributed by atoms with E-state index in [2.05, 4.69) is 41.5 Å². The van der Waals surface area contributed by atoms with E-state index in [-0.39, 0.29) is 17.9 Å². The van der Waals surface area contributed by atoms with Gasteiger partial charge in [-0.05, 0) is 25.0 Å². The maximum atomic E-state index is 13.2. The third-order valence-corrected chi connectivity index (χ3v) is 6.65. The summed E-state index contributed by atoms with van der Waals surface area (Å²) in [5.74, 6) is 1.39. The van der Waals surface area contributed by atoms with Crippen LogP contribution < -0.4 is 15.6 Å². The average molecular weight is 450 g/mol. The van der Waals surface area contributed by atoms with E-state index in [1.165, 1.54) is 17.3 Å². The van der Waals surface area contributed by atoms with Gasteiger partial charge in [-0.15, -0.1) is 0 Å². The van der Waals surface area contributed by atoms with E-state index in [4.69, 9.17) is 4.74 Å². The van der Waals surface area contributed by atoms with Crippen LogP contribution >= 0.6 is 11.8 Å². The lowest BCUT2D eigenvalue weighted by molar-refractivity contribution is -0.116. The molecule has 166 valence electrons. The molecule has 0 saturated heterocycles. The Morgan fingerprint density at radius 1 is 1.16 bits per heavy atom. The number of aromatic nitrogens is 2. The fourth-order valence-electron chi connectivity index (χ4n) is 3.87. The van der Waals surface area contributed by atoms with Crippen LogP contribution in [0, 0.1) is 6.92 Å². The van der Waals surface area contributed by atoms with Crippen molar-refractivity contribution in [3.63, 3.8) is 0 Å². The Bertz CT molecular complexity index is 1190. The lowest BCUT2D eigenvalue weighted by Gasteiger charge is -2.28. The predicted octanol–water partition coefficient (Wildman–Crippen LogP) is 4.64. The zero-order valence-electron chi connectivity index (χ0n) is 18.6. The molecule has 1 atom stereocenters. The molecular weight excluding hydrogens is 422 g/mol. The smallest absolute Gasteiger partial charge is 0.279 e. The topological polar surface area (TPSA) is 73.2 Å². The van der Waals surface area contributed by atoms with E-state index in [1.807, 2.05) is 42.8 Å². The number of thioether (sulfide) groups is 1. The highest BCUT2D eigenvalue weighted by Gasteiger charge is 2.33. The lowest BCUT2D eigenvalue weighted by atomic mass is 9.86. The molecule has 3 aromatic rings. The van der Waals surface area contributed by atoms with Crippen LogP contribution in [0.3, 0.4) is 0 Å². The maximum Gasteiger partial charge on any atom is 0.279 e. The molecule has 0 saturated carbocycles. The van der Waals surface area contributed by atoms with E-state index < -0.39 is 5.92 Å². The van der Waals surface area contributed by atoms with Crippen LogP contribution in [0.1, 0.15) is 47.9 Å². The molecule has 0 radical (unpaired) electrons. The van der Waals surface area contributed by atoms with Gasteiger partial charge in [-0.2, -0.15) is 4.98 Å². The third kappa shape index (κ3) is 4.58. The molecule has 32 heavy (non-hydrogen) atoms. The van der Waals surface area contributed by atoms with Gasteiger partial charge in [-0.25, -0.2) is 0 Å². The number of hydrogen-bond acceptors (Lipinski definition) is 5. The molecule has 1 aromatic heterocycles. The van der Waals surface area contributed by atoms with Gasteiger partial charge in [-0.3, -0.25) is 9.59 Å². The molecule has 2 aromatic carbocycles. The van der Waals surface area contributed by atoms with Crippen molar-refractivity contribution in [3.05, 3.63) is 81.1 Å². The summed E-state index contributed by atoms with van der Waals surface area (Å²) in [7, 11) is 1.84. The molecule has 0 aliphatic carbocycles. The molecule has 1 aliphatic rings. The summed E-state index contributed by atoms with van der Waals surface area (Å²) < 4.78 is 7.73. The molecule has 7 heteroatoms. The number of nitrogens with one attached hydrogen (secondary N) is 1. The molecule has 0 spiro atoms. The number of ether oxygens (including phenoxy) is 1. The van der Waals surface area contributed by atoms with E-state index in [1.54, 1.807) is 0 Å². The van der Waals surface area contributed by atoms with Gasteiger partial charge in [0.25, 0.3) is 5.56 Å². The SMILES string of the molecule is CCCOc1ccccc1[C@H]1CC(=O)Nc2c1c(=O)nc(SCc1ccc(C)cc1)n2C. The van der Waals surface area contributed by atoms with Crippen LogP contribution in [-0.2, 0) is 17.6 Å². The number of rotatable bonds is 7. The Hall–Kier alpha value is -3.06. The molecule has 1 amide bonds. The van der Waals surface area contributed by atoms with Crippen molar-refractivity contribution in [3.8, 4) is 5.75 Å². The summed E-state index contributed by atoms with van der Waals surface area (Å²) in [5.41, 5.74) is 3.40. The largest absolute Gasteiger partial charge is 0.493 e. The number of aryl methyl sites for hydroxylation is 1. The quantitative estimate of drug-likeness (QED) is 0.420. The molecule has 0 bridgehead atoms. The molecule has 2 heterocycles. The minimum Gasteiger partial charge on any atom is -0.493 e. The summed E-state index contributed by atoms with van der Waals surface area (Å²) in [4.78, 5) is 30.2. The summed E-state index contributed by atoms with van der Waals surface area (Å²) in [6, 6.07) is 15.9. The van der Waals surface area contributed by atoms with Gasteiger partial charge in [0.15, 0.2) is 5.16 Å². The number of anilines is 1. The van der Waals surface area contributed by atoms with Crippen LogP contribution in [0.15, 0.2) is 58.5 Å². The van der Waals surface area contributed by atoms with Crippen molar-refractivity contribution in [1.82, 2.24) is 9.55 Å². The predicted molar refractivity (Wildman–Crippen MR) is 128 cm³/mol. The second-order valence-corrected chi connectivity index (χ2v) is 8.93. The van der Waals surface area contributed by atoms with Gasteiger partial charge < -0.3 is 14.6 Å². The molecular formula is C25H27N3O3S. The first-order valence-corrected chi connectivity index (χ1v) is 11.8. The summed E-state index contributed by atoms with van der Waals surface area (Å²) in [6.45, 7) is 4.67. The van der Waals surface area contributed by atoms with Crippen LogP contribution in [0.4, 0.5) is 5.82 Å². The van der Waals surface area contributed by atoms with Gasteiger partial charge in [0.05, 0.1) is 12.2 Å². The molecule has 1 aliphatic heterocycles. The number of carbonyl (C=O) groups is 1. The van der Waals surface area contributed by atoms with Crippen molar-refractivity contribution in [1.29, 1.82) is 0 Å². The van der Waals surface area contributed by atoms with Crippen molar-refractivity contribution >= 4 is 23.5 Å². The van der Waals surface area contributed by atoms with Crippen LogP contribution in [0.5, 0.6) is 5.75 Å². The summed E-state index contributed by atoms with van der Waals surface area (Å²) in [6.07, 6.45) is 1.06. The molecule has 4 rings (SSSR count). The molecule has 0 unspecified atom stereocenters. The number of amides is 1. The van der Waals surface area contributed by atoms with E-state index >= 15 is 0 Å². The van der Waals surface area contributed by atoms with Gasteiger partial charge in [-0.1, -0.05) is 66.7 Å². The van der Waals surface area contributed by atoms with Crippen LogP contribution in [-0.4, -0.2) is 22.1 Å². The highest BCUT2D eigenvalue weighted by molar-refractivity contribution is 7.98. The summed E-state index contributed by atoms with van der Waals surface area (Å²) >= 11 is 1.48. The van der Waals surface area contributed by atoms with Crippen molar-refractivity contribution in [2.24, 2.45) is 7.05 Å². The average Bonchev–Trinajstić information content (AvgIpc) is 2.79. The number of hydrogen-bond donors (Lipinski definition) is 1. The van der Waals surface area contributed by atoms with E-state index in [9.17, 15) is 9.59 Å². The van der Waals surface area contributed by atoms with E-state index in [0.29, 0.717) is 34.6 Å². The summed E-state index contributed by atoms with van der Waals surface area (Å²) in [5, 5.41) is 3.48. The number of carbonyl (C=O) groups excluding carboxylic acids is 1. The zero-order valence-corrected chi connectivity index (χ0v) is 19.4. The van der Waals surface area contributed by atoms with Gasteiger partial charge in [0.2, 0.25) is 5.91 Å². The van der Waals surface area contributed by atoms with Crippen LogP contribution in [0.25, 0.3) is 0 Å². The monoisotopic (exact) mass is 449 g/mol. The second kappa shape index (κ2) is 9.61. The Labute approximate surface area is 192 Å². The third-order valence-electron chi connectivity index (χ3n) is 5.55. The second-order valence-electron chi connectivity index (χ2n) is 7.99. The van der Waals surface area contributed by atoms with Crippen molar-refractivity contribution < 1.29 is 9.53 Å². The van der Waals surface area contributed by atoms with Crippen LogP contribution in [0.2, 0.25) is 0 Å². The van der Waals surface area contributed by atoms with Crippen molar-refractivity contribution in [2.45, 2.75) is 43.5 Å². The first-order chi connectivity index (χ1) is 15.5. The lowest BCUT2D eigenvalue weighted by Crippen LogP contribution is -2.33. The Balaban J connectivity index is 1.70. The van der Waals surface area contributed by atoms with E-state index in [0.717, 1.165) is 17.5 Å². The fourth-order valence-corrected chi connectivity index (χ4v) is 4.79. The molecule has 0 fully saturated rings. The first-order valence-electron chi connectivity index (χ1n) is 10.8. The Morgan fingerprint density at radius 2 is 1.91 bits per heavy atom.